The predicted molar refractivity (Wildman–Crippen MR) is 106 cm³/mol. The highest BCUT2D eigenvalue weighted by molar-refractivity contribution is 6.01. The van der Waals surface area contributed by atoms with Crippen molar-refractivity contribution in [1.29, 1.82) is 0 Å². The maximum absolute atomic E-state index is 12.7. The molecule has 29 heavy (non-hydrogen) atoms. The zero-order valence-electron chi connectivity index (χ0n) is 16.9. The number of amides is 1. The van der Waals surface area contributed by atoms with Crippen LogP contribution in [0.3, 0.4) is 0 Å². The SMILES string of the molecule is Cn1c(N)c(C(=O)CN2CCN(C(=O)CN3CCOCC3)CC2)c(=O)n(C)c1=O. The second-order valence-electron chi connectivity index (χ2n) is 7.43. The van der Waals surface area contributed by atoms with E-state index in [0.29, 0.717) is 45.9 Å². The number of nitrogens with two attached hydrogens (primary N) is 1. The molecule has 0 aliphatic carbocycles. The Hall–Kier alpha value is -2.50. The van der Waals surface area contributed by atoms with E-state index in [1.165, 1.54) is 14.1 Å². The van der Waals surface area contributed by atoms with Crippen molar-refractivity contribution in [1.82, 2.24) is 23.8 Å². The average Bonchev–Trinajstić information content (AvgIpc) is 2.72. The summed E-state index contributed by atoms with van der Waals surface area (Å²) in [6, 6.07) is 0. The Bertz CT molecular complexity index is 893. The van der Waals surface area contributed by atoms with Crippen molar-refractivity contribution in [3.8, 4) is 0 Å². The normalized spacial score (nSPS) is 18.8. The lowest BCUT2D eigenvalue weighted by Gasteiger charge is -2.36. The molecule has 2 saturated heterocycles. The molecule has 0 bridgehead atoms. The summed E-state index contributed by atoms with van der Waals surface area (Å²) < 4.78 is 7.27. The van der Waals surface area contributed by atoms with Crippen LogP contribution in [0.2, 0.25) is 0 Å². The molecule has 2 aliphatic rings. The first kappa shape index (κ1) is 21.2. The number of carbonyl (C=O) groups excluding carboxylic acids is 2. The lowest BCUT2D eigenvalue weighted by Crippen LogP contribution is -2.53. The van der Waals surface area contributed by atoms with Crippen molar-refractivity contribution in [3.63, 3.8) is 0 Å². The van der Waals surface area contributed by atoms with Crippen LogP contribution in [-0.2, 0) is 23.6 Å². The van der Waals surface area contributed by atoms with Crippen molar-refractivity contribution in [2.24, 2.45) is 14.1 Å². The smallest absolute Gasteiger partial charge is 0.332 e. The van der Waals surface area contributed by atoms with Crippen LogP contribution in [0.15, 0.2) is 9.59 Å². The second kappa shape index (κ2) is 8.89. The molecule has 3 heterocycles. The van der Waals surface area contributed by atoms with Crippen molar-refractivity contribution in [3.05, 3.63) is 26.4 Å². The molecule has 3 rings (SSSR count). The zero-order valence-corrected chi connectivity index (χ0v) is 16.9. The molecule has 0 aromatic carbocycles. The highest BCUT2D eigenvalue weighted by atomic mass is 16.5. The quantitative estimate of drug-likeness (QED) is 0.523. The number of nitrogens with zero attached hydrogens (tertiary/aromatic N) is 5. The Morgan fingerprint density at radius 2 is 1.48 bits per heavy atom. The predicted octanol–water partition coefficient (Wildman–Crippen LogP) is -2.67. The monoisotopic (exact) mass is 408 g/mol. The van der Waals surface area contributed by atoms with E-state index in [-0.39, 0.29) is 23.8 Å². The molecule has 2 N–H and O–H groups in total. The molecule has 0 unspecified atom stereocenters. The van der Waals surface area contributed by atoms with Crippen molar-refractivity contribution >= 4 is 17.5 Å². The Balaban J connectivity index is 1.57. The maximum atomic E-state index is 12.7. The van der Waals surface area contributed by atoms with Crippen LogP contribution in [-0.4, -0.2) is 101 Å². The lowest BCUT2D eigenvalue weighted by atomic mass is 10.1. The van der Waals surface area contributed by atoms with Gasteiger partial charge in [0, 0.05) is 53.4 Å². The van der Waals surface area contributed by atoms with Gasteiger partial charge in [0.1, 0.15) is 11.4 Å². The third-order valence-corrected chi connectivity index (χ3v) is 5.54. The molecule has 11 nitrogen and oxygen atoms in total. The first-order chi connectivity index (χ1) is 13.8. The van der Waals surface area contributed by atoms with Gasteiger partial charge in [0.2, 0.25) is 5.91 Å². The highest BCUT2D eigenvalue weighted by Gasteiger charge is 2.27. The molecule has 0 saturated carbocycles. The number of nitrogen functional groups attached to an aromatic ring is 1. The first-order valence-corrected chi connectivity index (χ1v) is 9.68. The van der Waals surface area contributed by atoms with Crippen LogP contribution in [0.25, 0.3) is 0 Å². The number of carbonyl (C=O) groups is 2. The Morgan fingerprint density at radius 1 is 0.897 bits per heavy atom. The van der Waals surface area contributed by atoms with Gasteiger partial charge in [-0.2, -0.15) is 0 Å². The molecule has 0 atom stereocenters. The Labute approximate surface area is 168 Å². The van der Waals surface area contributed by atoms with Crippen molar-refractivity contribution in [2.75, 3.05) is 71.3 Å². The maximum Gasteiger partial charge on any atom is 0.332 e. The zero-order chi connectivity index (χ0) is 21.1. The van der Waals surface area contributed by atoms with E-state index >= 15 is 0 Å². The number of hydrogen-bond donors (Lipinski definition) is 1. The van der Waals surface area contributed by atoms with Gasteiger partial charge in [-0.1, -0.05) is 0 Å². The minimum absolute atomic E-state index is 0.0170. The minimum atomic E-state index is -0.685. The molecular formula is C18H28N6O5. The summed E-state index contributed by atoms with van der Waals surface area (Å²) in [4.78, 5) is 55.2. The van der Waals surface area contributed by atoms with E-state index in [4.69, 9.17) is 10.5 Å². The van der Waals surface area contributed by atoms with E-state index in [1.807, 2.05) is 4.90 Å². The molecule has 1 aromatic rings. The van der Waals surface area contributed by atoms with E-state index in [2.05, 4.69) is 4.90 Å². The summed E-state index contributed by atoms with van der Waals surface area (Å²) in [5, 5.41) is 0. The molecule has 1 amide bonds. The lowest BCUT2D eigenvalue weighted by molar-refractivity contribution is -0.135. The summed E-state index contributed by atoms with van der Waals surface area (Å²) >= 11 is 0. The largest absolute Gasteiger partial charge is 0.384 e. The van der Waals surface area contributed by atoms with Gasteiger partial charge in [0.05, 0.1) is 26.3 Å². The molecule has 2 fully saturated rings. The number of anilines is 1. The highest BCUT2D eigenvalue weighted by Crippen LogP contribution is 2.09. The van der Waals surface area contributed by atoms with Crippen LogP contribution in [0, 0.1) is 0 Å². The van der Waals surface area contributed by atoms with Gasteiger partial charge >= 0.3 is 5.69 Å². The number of hydrogen-bond acceptors (Lipinski definition) is 8. The number of rotatable bonds is 5. The fourth-order valence-corrected chi connectivity index (χ4v) is 3.61. The molecule has 0 radical (unpaired) electrons. The third kappa shape index (κ3) is 4.57. The number of Topliss-reactive ketones (excluding diaryl/α,β-unsaturated/α-hetero) is 1. The molecule has 160 valence electrons. The molecule has 11 heteroatoms. The number of morpholine rings is 1. The third-order valence-electron chi connectivity index (χ3n) is 5.54. The fraction of sp³-hybridized carbons (Fsp3) is 0.667. The van der Waals surface area contributed by atoms with Gasteiger partial charge < -0.3 is 15.4 Å². The van der Waals surface area contributed by atoms with Gasteiger partial charge in [-0.05, 0) is 0 Å². The van der Waals surface area contributed by atoms with Gasteiger partial charge in [-0.3, -0.25) is 33.3 Å². The van der Waals surface area contributed by atoms with Crippen LogP contribution >= 0.6 is 0 Å². The molecule has 2 aliphatic heterocycles. The Morgan fingerprint density at radius 3 is 2.10 bits per heavy atom. The van der Waals surface area contributed by atoms with Crippen LogP contribution in [0.1, 0.15) is 10.4 Å². The summed E-state index contributed by atoms with van der Waals surface area (Å²) in [5.74, 6) is -0.469. The molecule has 1 aromatic heterocycles. The van der Waals surface area contributed by atoms with Crippen LogP contribution < -0.4 is 17.0 Å². The fourth-order valence-electron chi connectivity index (χ4n) is 3.61. The van der Waals surface area contributed by atoms with Gasteiger partial charge in [-0.15, -0.1) is 0 Å². The van der Waals surface area contributed by atoms with E-state index in [0.717, 1.165) is 22.2 Å². The van der Waals surface area contributed by atoms with Crippen LogP contribution in [0.4, 0.5) is 5.82 Å². The second-order valence-corrected chi connectivity index (χ2v) is 7.43. The Kier molecular flexibility index (Phi) is 6.50. The molecule has 0 spiro atoms. The number of ketones is 1. The number of aromatic nitrogens is 2. The van der Waals surface area contributed by atoms with Crippen molar-refractivity contribution in [2.45, 2.75) is 0 Å². The summed E-state index contributed by atoms with van der Waals surface area (Å²) in [6.45, 7) is 5.34. The number of ether oxygens (including phenoxy) is 1. The average molecular weight is 408 g/mol. The molecular weight excluding hydrogens is 380 g/mol. The summed E-state index contributed by atoms with van der Waals surface area (Å²) in [7, 11) is 2.74. The van der Waals surface area contributed by atoms with Crippen molar-refractivity contribution < 1.29 is 14.3 Å². The van der Waals surface area contributed by atoms with Gasteiger partial charge in [0.25, 0.3) is 5.56 Å². The van der Waals surface area contributed by atoms with E-state index < -0.39 is 17.0 Å². The van der Waals surface area contributed by atoms with Crippen LogP contribution in [0.5, 0.6) is 0 Å². The standard InChI is InChI=1S/C18H28N6O5/c1-20-16(19)15(17(27)21(2)18(20)28)13(25)11-22-3-5-24(6-4-22)14(26)12-23-7-9-29-10-8-23/h3-12,19H2,1-2H3. The van der Waals surface area contributed by atoms with Gasteiger partial charge in [0.15, 0.2) is 5.78 Å². The summed E-state index contributed by atoms with van der Waals surface area (Å²) in [5.41, 5.74) is 4.43. The van der Waals surface area contributed by atoms with E-state index in [1.54, 1.807) is 4.90 Å². The number of piperazine rings is 1. The summed E-state index contributed by atoms with van der Waals surface area (Å²) in [6.07, 6.45) is 0. The first-order valence-electron chi connectivity index (χ1n) is 9.68. The topological polar surface area (TPSA) is 123 Å². The van der Waals surface area contributed by atoms with E-state index in [9.17, 15) is 19.2 Å². The minimum Gasteiger partial charge on any atom is -0.384 e. The van der Waals surface area contributed by atoms with Gasteiger partial charge in [-0.25, -0.2) is 4.79 Å².